The van der Waals surface area contributed by atoms with Gasteiger partial charge in [-0.15, -0.1) is 0 Å². The molecule has 1 aromatic rings. The molecular weight excluding hydrogens is 212 g/mol. The van der Waals surface area contributed by atoms with Crippen molar-refractivity contribution in [2.24, 2.45) is 5.41 Å². The first kappa shape index (κ1) is 12.6. The number of aromatic amines is 1. The highest BCUT2D eigenvalue weighted by atomic mass is 15.1. The van der Waals surface area contributed by atoms with Gasteiger partial charge in [-0.2, -0.15) is 0 Å². The van der Waals surface area contributed by atoms with Gasteiger partial charge in [0.25, 0.3) is 0 Å². The van der Waals surface area contributed by atoms with Crippen LogP contribution in [0.25, 0.3) is 0 Å². The minimum atomic E-state index is 0.455. The first-order valence-corrected chi connectivity index (χ1v) is 6.47. The minimum Gasteiger partial charge on any atom is -0.348 e. The maximum absolute atomic E-state index is 4.31. The normalized spacial score (nSPS) is 20.6. The molecule has 1 fully saturated rings. The van der Waals surface area contributed by atoms with Crippen LogP contribution >= 0.6 is 0 Å². The Morgan fingerprint density at radius 2 is 2.18 bits per heavy atom. The number of nitrogens with one attached hydrogen (secondary N) is 2. The number of H-pyrrole nitrogens is 1. The van der Waals surface area contributed by atoms with Gasteiger partial charge in [0.1, 0.15) is 0 Å². The van der Waals surface area contributed by atoms with Gasteiger partial charge in [0, 0.05) is 18.8 Å². The predicted octanol–water partition coefficient (Wildman–Crippen LogP) is 1.54. The summed E-state index contributed by atoms with van der Waals surface area (Å²) in [5.41, 5.74) is 2.77. The highest BCUT2D eigenvalue weighted by molar-refractivity contribution is 5.08. The molecule has 0 spiro atoms. The second kappa shape index (κ2) is 5.19. The molecule has 2 N–H and O–H groups in total. The third-order valence-electron chi connectivity index (χ3n) is 3.97. The third-order valence-corrected chi connectivity index (χ3v) is 3.97. The van der Waals surface area contributed by atoms with Crippen molar-refractivity contribution in [2.45, 2.75) is 33.2 Å². The lowest BCUT2D eigenvalue weighted by atomic mass is 9.80. The number of hydrogen-bond acceptors (Lipinski definition) is 3. The van der Waals surface area contributed by atoms with Crippen LogP contribution in [-0.4, -0.2) is 41.5 Å². The zero-order valence-electron chi connectivity index (χ0n) is 11.2. The first-order chi connectivity index (χ1) is 8.09. The number of imidazole rings is 1. The summed E-state index contributed by atoms with van der Waals surface area (Å²) in [7, 11) is 2.21. The summed E-state index contributed by atoms with van der Waals surface area (Å²) >= 11 is 0. The Balaban J connectivity index is 1.76. The molecule has 0 saturated carbocycles. The van der Waals surface area contributed by atoms with Crippen LogP contribution in [0, 0.1) is 12.3 Å². The van der Waals surface area contributed by atoms with Gasteiger partial charge < -0.3 is 15.2 Å². The second-order valence-electron chi connectivity index (χ2n) is 5.69. The Bertz CT molecular complexity index is 350. The van der Waals surface area contributed by atoms with Crippen LogP contribution in [0.2, 0.25) is 0 Å². The molecule has 1 aliphatic rings. The van der Waals surface area contributed by atoms with Gasteiger partial charge >= 0.3 is 0 Å². The molecule has 4 nitrogen and oxygen atoms in total. The van der Waals surface area contributed by atoms with Crippen LogP contribution in [0.5, 0.6) is 0 Å². The van der Waals surface area contributed by atoms with Gasteiger partial charge in [-0.3, -0.25) is 0 Å². The molecule has 1 saturated heterocycles. The van der Waals surface area contributed by atoms with E-state index in [-0.39, 0.29) is 0 Å². The molecule has 96 valence electrons. The number of nitrogens with zero attached hydrogens (tertiary/aromatic N) is 2. The number of aryl methyl sites for hydroxylation is 1. The van der Waals surface area contributed by atoms with Crippen LogP contribution in [0.4, 0.5) is 0 Å². The van der Waals surface area contributed by atoms with E-state index in [0.717, 1.165) is 18.8 Å². The Labute approximate surface area is 104 Å². The van der Waals surface area contributed by atoms with E-state index in [4.69, 9.17) is 0 Å². The van der Waals surface area contributed by atoms with Crippen molar-refractivity contribution in [1.82, 2.24) is 20.2 Å². The fourth-order valence-corrected chi connectivity index (χ4v) is 2.38. The van der Waals surface area contributed by atoms with Crippen LogP contribution in [0.1, 0.15) is 31.2 Å². The maximum atomic E-state index is 4.31. The smallest absolute Gasteiger partial charge is 0.0925 e. The van der Waals surface area contributed by atoms with Gasteiger partial charge in [-0.05, 0) is 45.3 Å². The van der Waals surface area contributed by atoms with E-state index in [1.165, 1.54) is 31.6 Å². The second-order valence-corrected chi connectivity index (χ2v) is 5.69. The molecule has 2 heterocycles. The molecule has 0 bridgehead atoms. The summed E-state index contributed by atoms with van der Waals surface area (Å²) in [5, 5.41) is 3.55. The van der Waals surface area contributed by atoms with E-state index in [2.05, 4.69) is 41.1 Å². The molecule has 0 aliphatic carbocycles. The monoisotopic (exact) mass is 236 g/mol. The number of likely N-dealkylation sites (tertiary alicyclic amines) is 1. The van der Waals surface area contributed by atoms with Crippen LogP contribution < -0.4 is 5.32 Å². The lowest BCUT2D eigenvalue weighted by Gasteiger charge is -2.38. The molecule has 2 rings (SSSR count). The third kappa shape index (κ3) is 3.30. The van der Waals surface area contributed by atoms with Gasteiger partial charge in [0.15, 0.2) is 0 Å². The van der Waals surface area contributed by atoms with Crippen molar-refractivity contribution in [1.29, 1.82) is 0 Å². The van der Waals surface area contributed by atoms with Gasteiger partial charge in [0.2, 0.25) is 0 Å². The standard InChI is InChI=1S/C13H24N4/c1-11-12(16-10-15-11)8-14-9-13(2)4-6-17(3)7-5-13/h10,14H,4-9H2,1-3H3,(H,15,16). The number of piperidine rings is 1. The largest absolute Gasteiger partial charge is 0.348 e. The fraction of sp³-hybridized carbons (Fsp3) is 0.769. The molecule has 0 radical (unpaired) electrons. The zero-order valence-corrected chi connectivity index (χ0v) is 11.2. The molecule has 4 heteroatoms. The van der Waals surface area contributed by atoms with Crippen molar-refractivity contribution in [3.8, 4) is 0 Å². The minimum absolute atomic E-state index is 0.455. The summed E-state index contributed by atoms with van der Waals surface area (Å²) in [6.45, 7) is 8.87. The number of hydrogen-bond donors (Lipinski definition) is 2. The molecular formula is C13H24N4. The lowest BCUT2D eigenvalue weighted by molar-refractivity contribution is 0.136. The SMILES string of the molecule is Cc1[nH]cnc1CNCC1(C)CCN(C)CC1. The van der Waals surface area contributed by atoms with Crippen molar-refractivity contribution in [2.75, 3.05) is 26.7 Å². The lowest BCUT2D eigenvalue weighted by Crippen LogP contribution is -2.41. The van der Waals surface area contributed by atoms with E-state index in [9.17, 15) is 0 Å². The average Bonchev–Trinajstić information content (AvgIpc) is 2.70. The zero-order chi connectivity index (χ0) is 12.3. The predicted molar refractivity (Wildman–Crippen MR) is 69.9 cm³/mol. The fourth-order valence-electron chi connectivity index (χ4n) is 2.38. The maximum Gasteiger partial charge on any atom is 0.0925 e. The Morgan fingerprint density at radius 1 is 1.47 bits per heavy atom. The topological polar surface area (TPSA) is 44.0 Å². The Morgan fingerprint density at radius 3 is 2.76 bits per heavy atom. The first-order valence-electron chi connectivity index (χ1n) is 6.47. The Hall–Kier alpha value is -0.870. The number of rotatable bonds is 4. The highest BCUT2D eigenvalue weighted by Crippen LogP contribution is 2.29. The Kier molecular flexibility index (Phi) is 3.84. The van der Waals surface area contributed by atoms with Crippen LogP contribution in [-0.2, 0) is 6.54 Å². The van der Waals surface area contributed by atoms with Gasteiger partial charge in [-0.25, -0.2) is 4.98 Å². The van der Waals surface area contributed by atoms with E-state index >= 15 is 0 Å². The summed E-state index contributed by atoms with van der Waals surface area (Å²) < 4.78 is 0. The molecule has 0 unspecified atom stereocenters. The van der Waals surface area contributed by atoms with Crippen molar-refractivity contribution in [3.63, 3.8) is 0 Å². The molecule has 1 aromatic heterocycles. The molecule has 0 atom stereocenters. The van der Waals surface area contributed by atoms with Crippen LogP contribution in [0.3, 0.4) is 0 Å². The van der Waals surface area contributed by atoms with Gasteiger partial charge in [0.05, 0.1) is 12.0 Å². The van der Waals surface area contributed by atoms with Crippen molar-refractivity contribution >= 4 is 0 Å². The van der Waals surface area contributed by atoms with E-state index in [1.54, 1.807) is 6.33 Å². The average molecular weight is 236 g/mol. The summed E-state index contributed by atoms with van der Waals surface area (Å²) in [4.78, 5) is 9.84. The molecule has 1 aliphatic heterocycles. The highest BCUT2D eigenvalue weighted by Gasteiger charge is 2.28. The van der Waals surface area contributed by atoms with Gasteiger partial charge in [-0.1, -0.05) is 6.92 Å². The van der Waals surface area contributed by atoms with Crippen LogP contribution in [0.15, 0.2) is 6.33 Å². The van der Waals surface area contributed by atoms with Crippen molar-refractivity contribution in [3.05, 3.63) is 17.7 Å². The van der Waals surface area contributed by atoms with Crippen molar-refractivity contribution < 1.29 is 0 Å². The summed E-state index contributed by atoms with van der Waals surface area (Å²) in [6.07, 6.45) is 4.34. The van der Waals surface area contributed by atoms with E-state index in [1.807, 2.05) is 0 Å². The summed E-state index contributed by atoms with van der Waals surface area (Å²) in [6, 6.07) is 0. The molecule has 0 aromatic carbocycles. The number of aromatic nitrogens is 2. The quantitative estimate of drug-likeness (QED) is 0.833. The summed E-state index contributed by atoms with van der Waals surface area (Å²) in [5.74, 6) is 0. The molecule has 17 heavy (non-hydrogen) atoms. The van der Waals surface area contributed by atoms with E-state index in [0.29, 0.717) is 5.41 Å². The van der Waals surface area contributed by atoms with E-state index < -0.39 is 0 Å². The molecule has 0 amide bonds.